The van der Waals surface area contributed by atoms with Crippen molar-refractivity contribution in [3.05, 3.63) is 42.5 Å². The van der Waals surface area contributed by atoms with Gasteiger partial charge in [0.15, 0.2) is 5.82 Å². The van der Waals surface area contributed by atoms with Crippen molar-refractivity contribution in [1.29, 1.82) is 0 Å². The Morgan fingerprint density at radius 3 is 2.57 bits per heavy atom. The van der Waals surface area contributed by atoms with Crippen molar-refractivity contribution < 1.29 is 9.84 Å². The van der Waals surface area contributed by atoms with Crippen molar-refractivity contribution >= 4 is 16.7 Å². The van der Waals surface area contributed by atoms with Crippen molar-refractivity contribution in [2.75, 3.05) is 25.6 Å². The summed E-state index contributed by atoms with van der Waals surface area (Å²) in [6.45, 7) is 2.56. The summed E-state index contributed by atoms with van der Waals surface area (Å²) < 4.78 is 5.57. The van der Waals surface area contributed by atoms with Gasteiger partial charge in [-0.2, -0.15) is 0 Å². The van der Waals surface area contributed by atoms with Crippen LogP contribution < -0.4 is 9.64 Å². The first kappa shape index (κ1) is 15.1. The number of aromatic nitrogens is 2. The third-order valence-electron chi connectivity index (χ3n) is 3.53. The predicted octanol–water partition coefficient (Wildman–Crippen LogP) is 3.47. The Hall–Kier alpha value is -2.82. The quantitative estimate of drug-likeness (QED) is 0.799. The Morgan fingerprint density at radius 1 is 1.09 bits per heavy atom. The summed E-state index contributed by atoms with van der Waals surface area (Å²) in [7, 11) is 3.87. The van der Waals surface area contributed by atoms with Crippen molar-refractivity contribution in [1.82, 2.24) is 9.97 Å². The molecule has 0 saturated heterocycles. The molecular weight excluding hydrogens is 290 g/mol. The van der Waals surface area contributed by atoms with Crippen LogP contribution in [0.1, 0.15) is 6.92 Å². The standard InChI is InChI=1S/C18H19N3O2/c1-4-23-12-9-10-15-14(11-12)18(21(2)3)20-17(19-15)13-7-5-6-8-16(13)22/h5-11,22H,4H2,1-3H3. The van der Waals surface area contributed by atoms with Crippen molar-refractivity contribution in [3.63, 3.8) is 0 Å². The zero-order valence-electron chi connectivity index (χ0n) is 13.4. The van der Waals surface area contributed by atoms with Gasteiger partial charge in [-0.15, -0.1) is 0 Å². The normalized spacial score (nSPS) is 10.7. The first-order chi connectivity index (χ1) is 11.1. The fraction of sp³-hybridized carbons (Fsp3) is 0.222. The summed E-state index contributed by atoms with van der Waals surface area (Å²) in [6, 6.07) is 12.8. The van der Waals surface area contributed by atoms with Gasteiger partial charge < -0.3 is 14.7 Å². The molecule has 3 rings (SSSR count). The maximum atomic E-state index is 10.1. The molecule has 1 heterocycles. The smallest absolute Gasteiger partial charge is 0.165 e. The number of phenols is 1. The molecule has 0 amide bonds. The van der Waals surface area contributed by atoms with Gasteiger partial charge in [0.05, 0.1) is 17.7 Å². The minimum atomic E-state index is 0.169. The maximum absolute atomic E-state index is 10.1. The number of hydrogen-bond acceptors (Lipinski definition) is 5. The SMILES string of the molecule is CCOc1ccc2nc(-c3ccccc3O)nc(N(C)C)c2c1. The van der Waals surface area contributed by atoms with Crippen LogP contribution in [-0.4, -0.2) is 35.8 Å². The second-order valence-electron chi connectivity index (χ2n) is 5.39. The molecule has 0 aliphatic rings. The number of phenolic OH excluding ortho intramolecular Hbond substituents is 1. The number of hydrogen-bond donors (Lipinski definition) is 1. The highest BCUT2D eigenvalue weighted by Gasteiger charge is 2.14. The lowest BCUT2D eigenvalue weighted by molar-refractivity contribution is 0.340. The lowest BCUT2D eigenvalue weighted by Gasteiger charge is -2.16. The van der Waals surface area contributed by atoms with Crippen LogP contribution in [0, 0.1) is 0 Å². The number of aromatic hydroxyl groups is 1. The zero-order valence-corrected chi connectivity index (χ0v) is 13.4. The number of nitrogens with zero attached hydrogens (tertiary/aromatic N) is 3. The molecule has 0 atom stereocenters. The summed E-state index contributed by atoms with van der Waals surface area (Å²) in [5.41, 5.74) is 1.43. The molecule has 0 fully saturated rings. The Kier molecular flexibility index (Phi) is 4.02. The summed E-state index contributed by atoms with van der Waals surface area (Å²) in [5.74, 6) is 2.25. The van der Waals surface area contributed by atoms with Gasteiger partial charge in [0.1, 0.15) is 17.3 Å². The average molecular weight is 309 g/mol. The van der Waals surface area contributed by atoms with Crippen molar-refractivity contribution in [2.24, 2.45) is 0 Å². The van der Waals surface area contributed by atoms with E-state index in [9.17, 15) is 5.11 Å². The Balaban J connectivity index is 2.23. The highest BCUT2D eigenvalue weighted by Crippen LogP contribution is 2.32. The van der Waals surface area contributed by atoms with Crippen LogP contribution in [0.5, 0.6) is 11.5 Å². The molecule has 3 aromatic rings. The third-order valence-corrected chi connectivity index (χ3v) is 3.53. The number of anilines is 1. The molecular formula is C18H19N3O2. The second kappa shape index (κ2) is 6.12. The van der Waals surface area contributed by atoms with E-state index < -0.39 is 0 Å². The molecule has 1 N–H and O–H groups in total. The van der Waals surface area contributed by atoms with Gasteiger partial charge in [-0.05, 0) is 37.3 Å². The van der Waals surface area contributed by atoms with E-state index in [0.717, 1.165) is 22.5 Å². The third kappa shape index (κ3) is 2.90. The molecule has 0 radical (unpaired) electrons. The molecule has 0 unspecified atom stereocenters. The molecule has 5 nitrogen and oxygen atoms in total. The molecule has 0 aliphatic carbocycles. The topological polar surface area (TPSA) is 58.5 Å². The van der Waals surface area contributed by atoms with Gasteiger partial charge in [0.2, 0.25) is 0 Å². The first-order valence-corrected chi connectivity index (χ1v) is 7.50. The van der Waals surface area contributed by atoms with Crippen LogP contribution in [-0.2, 0) is 0 Å². The fourth-order valence-corrected chi connectivity index (χ4v) is 2.47. The number of rotatable bonds is 4. The van der Waals surface area contributed by atoms with Gasteiger partial charge in [-0.3, -0.25) is 0 Å². The highest BCUT2D eigenvalue weighted by molar-refractivity contribution is 5.92. The van der Waals surface area contributed by atoms with E-state index in [1.54, 1.807) is 12.1 Å². The molecule has 1 aromatic heterocycles. The van der Waals surface area contributed by atoms with Crippen LogP contribution in [0.25, 0.3) is 22.3 Å². The lowest BCUT2D eigenvalue weighted by atomic mass is 10.1. The summed E-state index contributed by atoms with van der Waals surface area (Å²) in [6.07, 6.45) is 0. The molecule has 0 saturated carbocycles. The molecule has 5 heteroatoms. The summed E-state index contributed by atoms with van der Waals surface area (Å²) in [4.78, 5) is 11.2. The Labute approximate surface area is 135 Å². The number of para-hydroxylation sites is 1. The highest BCUT2D eigenvalue weighted by atomic mass is 16.5. The molecule has 0 aliphatic heterocycles. The van der Waals surface area contributed by atoms with Crippen LogP contribution >= 0.6 is 0 Å². The first-order valence-electron chi connectivity index (χ1n) is 7.50. The molecule has 0 bridgehead atoms. The Morgan fingerprint density at radius 2 is 1.87 bits per heavy atom. The van der Waals surface area contributed by atoms with E-state index >= 15 is 0 Å². The average Bonchev–Trinajstić information content (AvgIpc) is 2.54. The van der Waals surface area contributed by atoms with Crippen molar-refractivity contribution in [2.45, 2.75) is 6.92 Å². The molecule has 118 valence electrons. The predicted molar refractivity (Wildman–Crippen MR) is 92.1 cm³/mol. The van der Waals surface area contributed by atoms with E-state index in [0.29, 0.717) is 18.0 Å². The van der Waals surface area contributed by atoms with Gasteiger partial charge in [0, 0.05) is 19.5 Å². The van der Waals surface area contributed by atoms with E-state index in [1.807, 2.05) is 56.3 Å². The largest absolute Gasteiger partial charge is 0.507 e. The minimum absolute atomic E-state index is 0.169. The molecule has 0 spiro atoms. The van der Waals surface area contributed by atoms with Gasteiger partial charge >= 0.3 is 0 Å². The van der Waals surface area contributed by atoms with E-state index in [4.69, 9.17) is 4.74 Å². The number of benzene rings is 2. The maximum Gasteiger partial charge on any atom is 0.165 e. The molecule has 23 heavy (non-hydrogen) atoms. The zero-order chi connectivity index (χ0) is 16.4. The molecule has 2 aromatic carbocycles. The lowest BCUT2D eigenvalue weighted by Crippen LogP contribution is -2.12. The Bertz CT molecular complexity index is 847. The number of fused-ring (bicyclic) bond motifs is 1. The van der Waals surface area contributed by atoms with Gasteiger partial charge in [-0.1, -0.05) is 12.1 Å². The van der Waals surface area contributed by atoms with Gasteiger partial charge in [0.25, 0.3) is 0 Å². The van der Waals surface area contributed by atoms with Crippen LogP contribution in [0.3, 0.4) is 0 Å². The van der Waals surface area contributed by atoms with Crippen LogP contribution in [0.4, 0.5) is 5.82 Å². The summed E-state index contributed by atoms with van der Waals surface area (Å²) in [5, 5.41) is 11.0. The number of ether oxygens (including phenoxy) is 1. The van der Waals surface area contributed by atoms with E-state index in [-0.39, 0.29) is 5.75 Å². The minimum Gasteiger partial charge on any atom is -0.507 e. The van der Waals surface area contributed by atoms with Crippen LogP contribution in [0.2, 0.25) is 0 Å². The van der Waals surface area contributed by atoms with E-state index in [1.165, 1.54) is 0 Å². The van der Waals surface area contributed by atoms with Crippen LogP contribution in [0.15, 0.2) is 42.5 Å². The van der Waals surface area contributed by atoms with E-state index in [2.05, 4.69) is 9.97 Å². The fourth-order valence-electron chi connectivity index (χ4n) is 2.47. The monoisotopic (exact) mass is 309 g/mol. The second-order valence-corrected chi connectivity index (χ2v) is 5.39. The van der Waals surface area contributed by atoms with Crippen molar-refractivity contribution in [3.8, 4) is 22.9 Å². The summed E-state index contributed by atoms with van der Waals surface area (Å²) >= 11 is 0. The van der Waals surface area contributed by atoms with Gasteiger partial charge in [-0.25, -0.2) is 9.97 Å².